The fraction of sp³-hybridized carbons (Fsp3) is 0.571. The summed E-state index contributed by atoms with van der Waals surface area (Å²) in [5, 5.41) is 0.774. The van der Waals surface area contributed by atoms with Crippen molar-refractivity contribution in [3.05, 3.63) is 10.4 Å². The van der Waals surface area contributed by atoms with Crippen molar-refractivity contribution in [1.82, 2.24) is 0 Å². The molecule has 2 heterocycles. The van der Waals surface area contributed by atoms with Gasteiger partial charge in [0.15, 0.2) is 5.78 Å². The van der Waals surface area contributed by atoms with Gasteiger partial charge in [0.1, 0.15) is 10.6 Å². The molecule has 6 heteroatoms. The van der Waals surface area contributed by atoms with E-state index >= 15 is 0 Å². The highest BCUT2D eigenvalue weighted by atomic mass is 32.1. The van der Waals surface area contributed by atoms with E-state index < -0.39 is 5.97 Å². The van der Waals surface area contributed by atoms with Crippen LogP contribution < -0.4 is 10.6 Å². The summed E-state index contributed by atoms with van der Waals surface area (Å²) in [5.41, 5.74) is 6.58. The van der Waals surface area contributed by atoms with Gasteiger partial charge < -0.3 is 15.4 Å². The molecule has 1 fully saturated rings. The number of nitrogens with two attached hydrogens (primary N) is 1. The lowest BCUT2D eigenvalue weighted by Crippen LogP contribution is -2.21. The molecular formula is C14H20N2O3S. The van der Waals surface area contributed by atoms with Gasteiger partial charge in [0.2, 0.25) is 0 Å². The Labute approximate surface area is 122 Å². The van der Waals surface area contributed by atoms with E-state index in [1.54, 1.807) is 0 Å². The normalized spacial score (nSPS) is 18.4. The summed E-state index contributed by atoms with van der Waals surface area (Å²) in [6.07, 6.45) is 2.22. The Balaban J connectivity index is 2.43. The van der Waals surface area contributed by atoms with Gasteiger partial charge in [0.05, 0.1) is 17.7 Å². The number of nitrogens with zero attached hydrogens (tertiary/aromatic N) is 1. The van der Waals surface area contributed by atoms with Gasteiger partial charge in [-0.25, -0.2) is 4.79 Å². The first-order chi connectivity index (χ1) is 9.49. The first-order valence-corrected chi connectivity index (χ1v) is 7.57. The molecule has 1 atom stereocenters. The Bertz CT molecular complexity index is 539. The van der Waals surface area contributed by atoms with E-state index in [-0.39, 0.29) is 11.5 Å². The Morgan fingerprint density at radius 2 is 2.20 bits per heavy atom. The van der Waals surface area contributed by atoms with Crippen LogP contribution in [-0.2, 0) is 4.74 Å². The lowest BCUT2D eigenvalue weighted by Gasteiger charge is -2.17. The van der Waals surface area contributed by atoms with Crippen LogP contribution in [0.15, 0.2) is 0 Å². The third-order valence-corrected chi connectivity index (χ3v) is 5.15. The predicted octanol–water partition coefficient (Wildman–Crippen LogP) is 2.56. The van der Waals surface area contributed by atoms with Crippen LogP contribution in [-0.4, -0.2) is 32.0 Å². The minimum absolute atomic E-state index is 0.116. The van der Waals surface area contributed by atoms with E-state index in [2.05, 4.69) is 11.8 Å². The molecule has 1 aromatic heterocycles. The molecule has 2 N–H and O–H groups in total. The van der Waals surface area contributed by atoms with E-state index in [0.717, 1.165) is 30.9 Å². The first-order valence-electron chi connectivity index (χ1n) is 6.76. The van der Waals surface area contributed by atoms with Crippen molar-refractivity contribution in [3.63, 3.8) is 0 Å². The van der Waals surface area contributed by atoms with Crippen molar-refractivity contribution < 1.29 is 14.3 Å². The maximum absolute atomic E-state index is 12.0. The molecule has 5 nitrogen and oxygen atoms in total. The average Bonchev–Trinajstić information content (AvgIpc) is 3.01. The number of hydrogen-bond acceptors (Lipinski definition) is 6. The summed E-state index contributed by atoms with van der Waals surface area (Å²) in [5.74, 6) is 0.0425. The zero-order valence-electron chi connectivity index (χ0n) is 12.1. The molecule has 20 heavy (non-hydrogen) atoms. The number of ether oxygens (including phenoxy) is 1. The molecule has 1 saturated heterocycles. The van der Waals surface area contributed by atoms with Crippen LogP contribution in [0.2, 0.25) is 0 Å². The molecule has 1 unspecified atom stereocenters. The smallest absolute Gasteiger partial charge is 0.343 e. The van der Waals surface area contributed by atoms with Gasteiger partial charge in [-0.05, 0) is 12.3 Å². The lowest BCUT2D eigenvalue weighted by molar-refractivity contribution is 0.0603. The summed E-state index contributed by atoms with van der Waals surface area (Å²) in [7, 11) is 1.33. The van der Waals surface area contributed by atoms with Crippen molar-refractivity contribution in [2.45, 2.75) is 26.7 Å². The molecule has 1 aromatic rings. The molecule has 0 aliphatic carbocycles. The largest absolute Gasteiger partial charge is 0.465 e. The molecule has 0 aromatic carbocycles. The number of anilines is 2. The third kappa shape index (κ3) is 2.52. The van der Waals surface area contributed by atoms with Crippen LogP contribution in [0.4, 0.5) is 10.7 Å². The molecule has 0 amide bonds. The van der Waals surface area contributed by atoms with E-state index in [1.807, 2.05) is 0 Å². The molecule has 0 bridgehead atoms. The minimum atomic E-state index is -0.471. The maximum Gasteiger partial charge on any atom is 0.343 e. The number of Topliss-reactive ketones (excluding diaryl/α,β-unsaturated/α-hetero) is 1. The molecule has 0 spiro atoms. The fourth-order valence-corrected chi connectivity index (χ4v) is 3.70. The lowest BCUT2D eigenvalue weighted by atomic mass is 10.1. The molecule has 0 saturated carbocycles. The molecule has 1 aliphatic rings. The van der Waals surface area contributed by atoms with E-state index in [1.165, 1.54) is 25.4 Å². The van der Waals surface area contributed by atoms with E-state index in [0.29, 0.717) is 16.4 Å². The highest BCUT2D eigenvalue weighted by Crippen LogP contribution is 2.41. The second-order valence-corrected chi connectivity index (χ2v) is 6.08. The SMILES string of the molecule is CCC1CCN(c2sc(C(C)=O)c(N)c2C(=O)OC)C1. The Kier molecular flexibility index (Phi) is 4.32. The van der Waals surface area contributed by atoms with Gasteiger partial charge in [0.25, 0.3) is 0 Å². The van der Waals surface area contributed by atoms with Crippen molar-refractivity contribution >= 4 is 33.8 Å². The van der Waals surface area contributed by atoms with Gasteiger partial charge in [-0.1, -0.05) is 13.3 Å². The second kappa shape index (κ2) is 5.83. The number of carbonyl (C=O) groups excluding carboxylic acids is 2. The third-order valence-electron chi connectivity index (χ3n) is 3.79. The summed E-state index contributed by atoms with van der Waals surface area (Å²) in [6.45, 7) is 5.42. The topological polar surface area (TPSA) is 72.6 Å². The van der Waals surface area contributed by atoms with Crippen molar-refractivity contribution in [1.29, 1.82) is 0 Å². The number of thiophene rings is 1. The van der Waals surface area contributed by atoms with Gasteiger partial charge in [-0.3, -0.25) is 4.79 Å². The minimum Gasteiger partial charge on any atom is -0.465 e. The molecule has 1 aliphatic heterocycles. The summed E-state index contributed by atoms with van der Waals surface area (Å²) < 4.78 is 4.81. The molecule has 110 valence electrons. The zero-order chi connectivity index (χ0) is 14.9. The summed E-state index contributed by atoms with van der Waals surface area (Å²) in [6, 6.07) is 0. The summed E-state index contributed by atoms with van der Waals surface area (Å²) >= 11 is 1.30. The second-order valence-electron chi connectivity index (χ2n) is 5.08. The Morgan fingerprint density at radius 1 is 1.50 bits per heavy atom. The van der Waals surface area contributed by atoms with Crippen LogP contribution >= 0.6 is 11.3 Å². The van der Waals surface area contributed by atoms with E-state index in [9.17, 15) is 9.59 Å². The highest BCUT2D eigenvalue weighted by Gasteiger charge is 2.31. The number of ketones is 1. The van der Waals surface area contributed by atoms with Gasteiger partial charge in [0, 0.05) is 20.0 Å². The highest BCUT2D eigenvalue weighted by molar-refractivity contribution is 7.19. The Morgan fingerprint density at radius 3 is 2.70 bits per heavy atom. The van der Waals surface area contributed by atoms with Gasteiger partial charge in [-0.2, -0.15) is 0 Å². The number of nitrogen functional groups attached to an aromatic ring is 1. The van der Waals surface area contributed by atoms with E-state index in [4.69, 9.17) is 10.5 Å². The van der Waals surface area contributed by atoms with Crippen molar-refractivity contribution in [2.75, 3.05) is 30.8 Å². The molecule has 2 rings (SSSR count). The van der Waals surface area contributed by atoms with Crippen LogP contribution in [0.3, 0.4) is 0 Å². The van der Waals surface area contributed by atoms with Crippen LogP contribution in [0.25, 0.3) is 0 Å². The number of hydrogen-bond donors (Lipinski definition) is 1. The van der Waals surface area contributed by atoms with Crippen LogP contribution in [0, 0.1) is 5.92 Å². The number of carbonyl (C=O) groups is 2. The number of esters is 1. The Hall–Kier alpha value is -1.56. The fourth-order valence-electron chi connectivity index (χ4n) is 2.57. The van der Waals surface area contributed by atoms with Crippen molar-refractivity contribution in [3.8, 4) is 0 Å². The zero-order valence-corrected chi connectivity index (χ0v) is 12.9. The monoisotopic (exact) mass is 296 g/mol. The van der Waals surface area contributed by atoms with Crippen molar-refractivity contribution in [2.24, 2.45) is 5.92 Å². The number of methoxy groups -OCH3 is 1. The van der Waals surface area contributed by atoms with Gasteiger partial charge in [-0.15, -0.1) is 11.3 Å². The average molecular weight is 296 g/mol. The number of rotatable bonds is 4. The predicted molar refractivity (Wildman–Crippen MR) is 80.7 cm³/mol. The van der Waals surface area contributed by atoms with Gasteiger partial charge >= 0.3 is 5.97 Å². The standard InChI is InChI=1S/C14H20N2O3S/c1-4-9-5-6-16(7-9)13-10(14(18)19-3)11(15)12(20-13)8(2)17/h9H,4-7,15H2,1-3H3. The van der Waals surface area contributed by atoms with Crippen LogP contribution in [0.5, 0.6) is 0 Å². The maximum atomic E-state index is 12.0. The first kappa shape index (κ1) is 14.8. The molecule has 0 radical (unpaired) electrons. The van der Waals surface area contributed by atoms with Crippen LogP contribution in [0.1, 0.15) is 46.7 Å². The summed E-state index contributed by atoms with van der Waals surface area (Å²) in [4.78, 5) is 26.2. The molecular weight excluding hydrogens is 276 g/mol. The quantitative estimate of drug-likeness (QED) is 0.683.